The number of benzene rings is 1. The lowest BCUT2D eigenvalue weighted by molar-refractivity contribution is -0.131. The van der Waals surface area contributed by atoms with Crippen LogP contribution >= 0.6 is 0 Å². The van der Waals surface area contributed by atoms with Crippen molar-refractivity contribution in [3.63, 3.8) is 0 Å². The van der Waals surface area contributed by atoms with Gasteiger partial charge in [-0.1, -0.05) is 6.58 Å². The number of hydrogen-bond donors (Lipinski definition) is 1. The van der Waals surface area contributed by atoms with Crippen LogP contribution < -0.4 is 9.64 Å². The summed E-state index contributed by atoms with van der Waals surface area (Å²) in [6.45, 7) is 7.92. The van der Waals surface area contributed by atoms with Crippen LogP contribution in [0.25, 0.3) is 0 Å². The number of likely N-dealkylation sites (N-methyl/N-ethyl adjacent to an activating group) is 1. The van der Waals surface area contributed by atoms with Crippen LogP contribution in [0.2, 0.25) is 0 Å². The molecule has 228 valence electrons. The maximum atomic E-state index is 13.8. The van der Waals surface area contributed by atoms with Crippen LogP contribution in [0.15, 0.2) is 24.5 Å². The number of rotatable bonds is 6. The summed E-state index contributed by atoms with van der Waals surface area (Å²) in [4.78, 5) is 28.4. The number of piperazine rings is 1. The largest absolute Gasteiger partial charge is 0.508 e. The van der Waals surface area contributed by atoms with E-state index in [2.05, 4.69) is 36.4 Å². The fourth-order valence-corrected chi connectivity index (χ4v) is 7.89. The van der Waals surface area contributed by atoms with Gasteiger partial charge in [0.1, 0.15) is 18.2 Å². The van der Waals surface area contributed by atoms with Crippen LogP contribution in [0, 0.1) is 18.3 Å². The maximum absolute atomic E-state index is 13.8. The van der Waals surface area contributed by atoms with Gasteiger partial charge >= 0.3 is 6.01 Å². The Bertz CT molecular complexity index is 1470. The van der Waals surface area contributed by atoms with Crippen molar-refractivity contribution in [2.24, 2.45) is 0 Å². The molecular formula is C33H41FN6O3. The molecule has 6 rings (SSSR count). The molecule has 0 radical (unpaired) electrons. The standard InChI is InChI=1S/C33H41FN6O3/c1-21-16-25(41)17-28-26(21)7-4-10-33(28)11-8-27-29(18-33)36-32(43-20-24-6-5-13-38(24)3)37-30(27)39-14-15-40(31(42)22(2)34)23(19-39)9-12-35/h16-17,23-24,41H,2,4-11,13-15,18-20H2,1,3H3. The minimum Gasteiger partial charge on any atom is -0.508 e. The second kappa shape index (κ2) is 11.8. The molecule has 1 aromatic carbocycles. The number of phenols is 1. The van der Waals surface area contributed by atoms with Gasteiger partial charge in [-0.15, -0.1) is 0 Å². The highest BCUT2D eigenvalue weighted by molar-refractivity contribution is 5.91. The number of aromatic nitrogens is 2. The summed E-state index contributed by atoms with van der Waals surface area (Å²) >= 11 is 0. The van der Waals surface area contributed by atoms with Crippen molar-refractivity contribution in [2.45, 2.75) is 82.2 Å². The Morgan fingerprint density at radius 1 is 1.19 bits per heavy atom. The van der Waals surface area contributed by atoms with Crippen LogP contribution in [-0.4, -0.2) is 82.7 Å². The van der Waals surface area contributed by atoms with Gasteiger partial charge in [0.15, 0.2) is 5.83 Å². The third-order valence-corrected chi connectivity index (χ3v) is 10.2. The second-order valence-electron chi connectivity index (χ2n) is 12.8. The van der Waals surface area contributed by atoms with Gasteiger partial charge in [-0.2, -0.15) is 15.2 Å². The quantitative estimate of drug-likeness (QED) is 0.502. The van der Waals surface area contributed by atoms with E-state index in [1.54, 1.807) is 0 Å². The Hall–Kier alpha value is -3.71. The lowest BCUT2D eigenvalue weighted by Crippen LogP contribution is -2.55. The van der Waals surface area contributed by atoms with Crippen molar-refractivity contribution in [2.75, 3.05) is 44.7 Å². The molecule has 43 heavy (non-hydrogen) atoms. The first kappa shape index (κ1) is 29.4. The Morgan fingerprint density at radius 3 is 2.77 bits per heavy atom. The van der Waals surface area contributed by atoms with Crippen LogP contribution in [-0.2, 0) is 29.5 Å². The Kier molecular flexibility index (Phi) is 8.03. The minimum atomic E-state index is -1.01. The summed E-state index contributed by atoms with van der Waals surface area (Å²) in [6.07, 6.45) is 7.86. The number of aryl methyl sites for hydroxylation is 1. The maximum Gasteiger partial charge on any atom is 0.318 e. The molecule has 1 aromatic heterocycles. The van der Waals surface area contributed by atoms with Gasteiger partial charge in [0.05, 0.1) is 24.2 Å². The normalized spacial score (nSPS) is 25.3. The highest BCUT2D eigenvalue weighted by atomic mass is 19.1. The number of carbonyl (C=O) groups is 1. The fraction of sp³-hybridized carbons (Fsp3) is 0.576. The van der Waals surface area contributed by atoms with Gasteiger partial charge in [-0.3, -0.25) is 4.79 Å². The summed E-state index contributed by atoms with van der Waals surface area (Å²) in [6, 6.07) is 6.17. The molecule has 2 aliphatic heterocycles. The van der Waals surface area contributed by atoms with Gasteiger partial charge < -0.3 is 24.5 Å². The van der Waals surface area contributed by atoms with Crippen LogP contribution in [0.3, 0.4) is 0 Å². The van der Waals surface area contributed by atoms with E-state index in [9.17, 15) is 19.6 Å². The Morgan fingerprint density at radius 2 is 2.02 bits per heavy atom. The number of carbonyl (C=O) groups excluding carboxylic acids is 1. The minimum absolute atomic E-state index is 0.0862. The molecular weight excluding hydrogens is 547 g/mol. The van der Waals surface area contributed by atoms with E-state index in [0.29, 0.717) is 37.5 Å². The number of nitrogens with zero attached hydrogens (tertiary/aromatic N) is 6. The number of likely N-dealkylation sites (tertiary alicyclic amines) is 1. The first-order valence-corrected chi connectivity index (χ1v) is 15.5. The summed E-state index contributed by atoms with van der Waals surface area (Å²) < 4.78 is 20.1. The van der Waals surface area contributed by atoms with E-state index in [1.165, 1.54) is 16.0 Å². The van der Waals surface area contributed by atoms with Gasteiger partial charge in [-0.05, 0) is 101 Å². The molecule has 2 aromatic rings. The van der Waals surface area contributed by atoms with Crippen LogP contribution in [0.4, 0.5) is 10.2 Å². The third kappa shape index (κ3) is 5.55. The molecule has 3 atom stereocenters. The highest BCUT2D eigenvalue weighted by Gasteiger charge is 2.43. The molecule has 0 bridgehead atoms. The van der Waals surface area contributed by atoms with E-state index in [0.717, 1.165) is 80.6 Å². The lowest BCUT2D eigenvalue weighted by atomic mass is 9.61. The molecule has 10 heteroatoms. The predicted molar refractivity (Wildman–Crippen MR) is 161 cm³/mol. The SMILES string of the molecule is C=C(F)C(=O)N1CCN(c2nc(OCC3CCCN3C)nc3c2CCC2(CCCc4c(C)cc(O)cc42)C3)CC1CC#N. The molecule has 1 spiro atoms. The first-order valence-electron chi connectivity index (χ1n) is 15.5. The number of ether oxygens (including phenoxy) is 1. The van der Waals surface area contributed by atoms with Crippen molar-refractivity contribution in [3.8, 4) is 17.8 Å². The van der Waals surface area contributed by atoms with Gasteiger partial charge in [-0.25, -0.2) is 4.39 Å². The Labute approximate surface area is 253 Å². The molecule has 1 N–H and O–H groups in total. The zero-order valence-corrected chi connectivity index (χ0v) is 25.2. The molecule has 3 unspecified atom stereocenters. The summed E-state index contributed by atoms with van der Waals surface area (Å²) in [5, 5.41) is 20.1. The van der Waals surface area contributed by atoms with E-state index in [-0.39, 0.29) is 18.4 Å². The summed E-state index contributed by atoms with van der Waals surface area (Å²) in [7, 11) is 2.12. The predicted octanol–water partition coefficient (Wildman–Crippen LogP) is 4.14. The summed E-state index contributed by atoms with van der Waals surface area (Å²) in [5.74, 6) is -0.677. The van der Waals surface area contributed by atoms with E-state index in [1.807, 2.05) is 12.1 Å². The van der Waals surface area contributed by atoms with Gasteiger partial charge in [0.2, 0.25) is 0 Å². The molecule has 1 amide bonds. The van der Waals surface area contributed by atoms with E-state index in [4.69, 9.17) is 14.7 Å². The number of halogens is 1. The number of phenolic OH excluding ortho intramolecular Hbond substituents is 1. The van der Waals surface area contributed by atoms with Crippen molar-refractivity contribution >= 4 is 11.7 Å². The van der Waals surface area contributed by atoms with Crippen molar-refractivity contribution < 1.29 is 19.0 Å². The van der Waals surface area contributed by atoms with Crippen LogP contribution in [0.1, 0.15) is 66.5 Å². The monoisotopic (exact) mass is 588 g/mol. The smallest absolute Gasteiger partial charge is 0.318 e. The second-order valence-corrected chi connectivity index (χ2v) is 12.8. The molecule has 0 saturated carbocycles. The van der Waals surface area contributed by atoms with E-state index < -0.39 is 17.8 Å². The van der Waals surface area contributed by atoms with Crippen molar-refractivity contribution in [1.29, 1.82) is 5.26 Å². The molecule has 4 aliphatic rings. The van der Waals surface area contributed by atoms with Crippen LogP contribution in [0.5, 0.6) is 11.8 Å². The zero-order valence-electron chi connectivity index (χ0n) is 25.2. The average Bonchev–Trinajstić information content (AvgIpc) is 3.40. The first-order chi connectivity index (χ1) is 20.7. The molecule has 3 heterocycles. The molecule has 2 aliphatic carbocycles. The zero-order chi connectivity index (χ0) is 30.3. The van der Waals surface area contributed by atoms with Crippen molar-refractivity contribution in [3.05, 3.63) is 52.5 Å². The highest BCUT2D eigenvalue weighted by Crippen LogP contribution is 2.49. The number of amides is 1. The third-order valence-electron chi connectivity index (χ3n) is 10.2. The van der Waals surface area contributed by atoms with E-state index >= 15 is 0 Å². The number of aromatic hydroxyl groups is 1. The molecule has 2 saturated heterocycles. The number of nitriles is 1. The van der Waals surface area contributed by atoms with Gasteiger partial charge in [0, 0.05) is 36.7 Å². The average molecular weight is 589 g/mol. The van der Waals surface area contributed by atoms with Crippen molar-refractivity contribution in [1.82, 2.24) is 19.8 Å². The summed E-state index contributed by atoms with van der Waals surface area (Å²) in [5.41, 5.74) is 5.65. The molecule has 9 nitrogen and oxygen atoms in total. The van der Waals surface area contributed by atoms with Gasteiger partial charge in [0.25, 0.3) is 5.91 Å². The topological polar surface area (TPSA) is 106 Å². The number of fused-ring (bicyclic) bond motifs is 3. The number of anilines is 1. The molecule has 2 fully saturated rings. The fourth-order valence-electron chi connectivity index (χ4n) is 7.89. The lowest BCUT2D eigenvalue weighted by Gasteiger charge is -2.45. The number of hydrogen-bond acceptors (Lipinski definition) is 8. The Balaban J connectivity index is 1.36.